The highest BCUT2D eigenvalue weighted by molar-refractivity contribution is 8.00. The van der Waals surface area contributed by atoms with E-state index in [9.17, 15) is 4.39 Å². The van der Waals surface area contributed by atoms with Gasteiger partial charge in [-0.15, -0.1) is 0 Å². The van der Waals surface area contributed by atoms with Crippen molar-refractivity contribution in [2.45, 2.75) is 18.6 Å². The lowest BCUT2D eigenvalue weighted by atomic mass is 10.2. The van der Waals surface area contributed by atoms with Gasteiger partial charge < -0.3 is 4.90 Å². The molecule has 0 aromatic heterocycles. The van der Waals surface area contributed by atoms with Crippen molar-refractivity contribution in [1.82, 2.24) is 0 Å². The number of nitrogens with zero attached hydrogens (tertiary/aromatic N) is 2. The highest BCUT2D eigenvalue weighted by Crippen LogP contribution is 2.26. The Labute approximate surface area is 105 Å². The van der Waals surface area contributed by atoms with Crippen LogP contribution in [-0.2, 0) is 0 Å². The van der Waals surface area contributed by atoms with Crippen LogP contribution < -0.4 is 4.90 Å². The summed E-state index contributed by atoms with van der Waals surface area (Å²) in [5.41, 5.74) is 1.01. The van der Waals surface area contributed by atoms with Crippen LogP contribution in [0.2, 0.25) is 0 Å². The highest BCUT2D eigenvalue weighted by atomic mass is 32.2. The molecule has 0 bridgehead atoms. The third-order valence-corrected chi connectivity index (χ3v) is 4.40. The molecule has 0 aliphatic carbocycles. The zero-order valence-electron chi connectivity index (χ0n) is 9.82. The molecule has 1 heterocycles. The first kappa shape index (κ1) is 12.3. The van der Waals surface area contributed by atoms with Crippen molar-refractivity contribution in [3.63, 3.8) is 0 Å². The van der Waals surface area contributed by atoms with Crippen LogP contribution in [0.3, 0.4) is 0 Å². The van der Waals surface area contributed by atoms with Gasteiger partial charge in [0.15, 0.2) is 0 Å². The molecule has 1 unspecified atom stereocenters. The number of nitriles is 1. The molecule has 1 atom stereocenters. The van der Waals surface area contributed by atoms with E-state index in [1.54, 1.807) is 6.07 Å². The molecule has 0 spiro atoms. The van der Waals surface area contributed by atoms with Gasteiger partial charge in [0.2, 0.25) is 0 Å². The molecule has 1 aromatic rings. The Morgan fingerprint density at radius 2 is 2.41 bits per heavy atom. The molecule has 0 radical (unpaired) electrons. The first-order valence-corrected chi connectivity index (χ1v) is 6.85. The number of thioether (sulfide) groups is 1. The second-order valence-electron chi connectivity index (χ2n) is 4.12. The molecule has 17 heavy (non-hydrogen) atoms. The van der Waals surface area contributed by atoms with Gasteiger partial charge in [0.05, 0.1) is 5.56 Å². The van der Waals surface area contributed by atoms with Gasteiger partial charge in [-0.2, -0.15) is 17.0 Å². The lowest BCUT2D eigenvalue weighted by molar-refractivity contribution is 0.622. The smallest absolute Gasteiger partial charge is 0.143 e. The SMILES string of the molecule is CCC1CN(c2ccc(C#N)c(F)c2)CCS1. The summed E-state index contributed by atoms with van der Waals surface area (Å²) in [5, 5.41) is 9.32. The lowest BCUT2D eigenvalue weighted by Crippen LogP contribution is -2.37. The number of hydrogen-bond acceptors (Lipinski definition) is 3. The van der Waals surface area contributed by atoms with Gasteiger partial charge in [-0.3, -0.25) is 0 Å². The van der Waals surface area contributed by atoms with E-state index in [4.69, 9.17) is 5.26 Å². The maximum absolute atomic E-state index is 13.5. The molecule has 1 fully saturated rings. The minimum Gasteiger partial charge on any atom is -0.370 e. The molecular formula is C13H15FN2S. The maximum atomic E-state index is 13.5. The van der Waals surface area contributed by atoms with E-state index in [0.29, 0.717) is 5.25 Å². The van der Waals surface area contributed by atoms with Crippen molar-refractivity contribution >= 4 is 17.4 Å². The van der Waals surface area contributed by atoms with Crippen LogP contribution in [0.4, 0.5) is 10.1 Å². The minimum atomic E-state index is -0.420. The lowest BCUT2D eigenvalue weighted by Gasteiger charge is -2.33. The summed E-state index contributed by atoms with van der Waals surface area (Å²) in [4.78, 5) is 2.20. The molecule has 90 valence electrons. The Morgan fingerprint density at radius 3 is 3.06 bits per heavy atom. The summed E-state index contributed by atoms with van der Waals surface area (Å²) in [5.74, 6) is 0.663. The van der Waals surface area contributed by atoms with E-state index in [1.165, 1.54) is 6.07 Å². The minimum absolute atomic E-state index is 0.118. The van der Waals surface area contributed by atoms with E-state index < -0.39 is 5.82 Å². The van der Waals surface area contributed by atoms with Crippen LogP contribution in [-0.4, -0.2) is 24.1 Å². The van der Waals surface area contributed by atoms with Crippen molar-refractivity contribution in [2.24, 2.45) is 0 Å². The summed E-state index contributed by atoms with van der Waals surface area (Å²) >= 11 is 1.99. The Kier molecular flexibility index (Phi) is 3.90. The Balaban J connectivity index is 2.17. The fourth-order valence-electron chi connectivity index (χ4n) is 1.99. The molecule has 1 aromatic carbocycles. The topological polar surface area (TPSA) is 27.0 Å². The van der Waals surface area contributed by atoms with Crippen molar-refractivity contribution in [3.8, 4) is 6.07 Å². The summed E-state index contributed by atoms with van der Waals surface area (Å²) < 4.78 is 13.5. The summed E-state index contributed by atoms with van der Waals surface area (Å²) in [6, 6.07) is 6.72. The number of anilines is 1. The van der Waals surface area contributed by atoms with E-state index in [2.05, 4.69) is 11.8 Å². The van der Waals surface area contributed by atoms with Gasteiger partial charge >= 0.3 is 0 Å². The second kappa shape index (κ2) is 5.42. The Morgan fingerprint density at radius 1 is 1.59 bits per heavy atom. The number of rotatable bonds is 2. The summed E-state index contributed by atoms with van der Waals surface area (Å²) in [6.07, 6.45) is 1.14. The van der Waals surface area contributed by atoms with Crippen LogP contribution in [0.5, 0.6) is 0 Å². The van der Waals surface area contributed by atoms with E-state index in [1.807, 2.05) is 23.9 Å². The molecule has 0 amide bonds. The fourth-order valence-corrected chi connectivity index (χ4v) is 3.17. The zero-order chi connectivity index (χ0) is 12.3. The van der Waals surface area contributed by atoms with Gasteiger partial charge in [-0.05, 0) is 24.6 Å². The van der Waals surface area contributed by atoms with Gasteiger partial charge in [0, 0.05) is 29.8 Å². The Hall–Kier alpha value is -1.21. The first-order valence-electron chi connectivity index (χ1n) is 5.80. The van der Waals surface area contributed by atoms with Gasteiger partial charge in [0.25, 0.3) is 0 Å². The van der Waals surface area contributed by atoms with Crippen LogP contribution >= 0.6 is 11.8 Å². The number of benzene rings is 1. The Bertz CT molecular complexity index is 442. The molecule has 0 N–H and O–H groups in total. The second-order valence-corrected chi connectivity index (χ2v) is 5.53. The molecule has 1 aliphatic rings. The van der Waals surface area contributed by atoms with Gasteiger partial charge in [-0.25, -0.2) is 4.39 Å². The van der Waals surface area contributed by atoms with Crippen molar-refractivity contribution in [2.75, 3.05) is 23.7 Å². The average molecular weight is 250 g/mol. The third-order valence-electron chi connectivity index (χ3n) is 3.03. The van der Waals surface area contributed by atoms with E-state index >= 15 is 0 Å². The number of hydrogen-bond donors (Lipinski definition) is 0. The van der Waals surface area contributed by atoms with Crippen molar-refractivity contribution < 1.29 is 4.39 Å². The molecule has 2 nitrogen and oxygen atoms in total. The predicted octanol–water partition coefficient (Wildman–Crippen LogP) is 3.03. The maximum Gasteiger partial charge on any atom is 0.143 e. The average Bonchev–Trinajstić information content (AvgIpc) is 2.38. The summed E-state index contributed by atoms with van der Waals surface area (Å²) in [7, 11) is 0. The van der Waals surface area contributed by atoms with E-state index in [-0.39, 0.29) is 5.56 Å². The molecular weight excluding hydrogens is 235 g/mol. The van der Waals surface area contributed by atoms with Crippen molar-refractivity contribution in [1.29, 1.82) is 5.26 Å². The largest absolute Gasteiger partial charge is 0.370 e. The van der Waals surface area contributed by atoms with Crippen molar-refractivity contribution in [3.05, 3.63) is 29.6 Å². The predicted molar refractivity (Wildman–Crippen MR) is 69.9 cm³/mol. The zero-order valence-corrected chi connectivity index (χ0v) is 10.6. The standard InChI is InChI=1S/C13H15FN2S/c1-2-12-9-16(5-6-17-12)11-4-3-10(8-15)13(14)7-11/h3-4,7,12H,2,5-6,9H2,1H3. The summed E-state index contributed by atoms with van der Waals surface area (Å²) in [6.45, 7) is 4.10. The normalized spacial score (nSPS) is 20.1. The van der Waals surface area contributed by atoms with Gasteiger partial charge in [-0.1, -0.05) is 6.92 Å². The fraction of sp³-hybridized carbons (Fsp3) is 0.462. The molecule has 2 rings (SSSR count). The highest BCUT2D eigenvalue weighted by Gasteiger charge is 2.19. The molecule has 1 saturated heterocycles. The monoisotopic (exact) mass is 250 g/mol. The quantitative estimate of drug-likeness (QED) is 0.807. The number of halogens is 1. The van der Waals surface area contributed by atoms with Crippen LogP contribution in [0, 0.1) is 17.1 Å². The van der Waals surface area contributed by atoms with Crippen LogP contribution in [0.15, 0.2) is 18.2 Å². The third kappa shape index (κ3) is 2.73. The van der Waals surface area contributed by atoms with Crippen LogP contribution in [0.1, 0.15) is 18.9 Å². The van der Waals surface area contributed by atoms with E-state index in [0.717, 1.165) is 31.0 Å². The van der Waals surface area contributed by atoms with Gasteiger partial charge in [0.1, 0.15) is 11.9 Å². The van der Waals surface area contributed by atoms with Crippen LogP contribution in [0.25, 0.3) is 0 Å². The molecule has 1 aliphatic heterocycles. The molecule has 4 heteroatoms. The molecule has 0 saturated carbocycles. The first-order chi connectivity index (χ1) is 8.24.